The van der Waals surface area contributed by atoms with Gasteiger partial charge in [-0.05, 0) is 29.7 Å². The molecular formula is C23H31N5O3. The SMILES string of the molecule is CC(C)C(NCC(=O)N1CCN(c2ncccn2)CC1)c1ccc2c(c1)OCCCO2. The summed E-state index contributed by atoms with van der Waals surface area (Å²) in [6, 6.07) is 7.94. The van der Waals surface area contributed by atoms with Crippen LogP contribution in [-0.2, 0) is 4.79 Å². The third kappa shape index (κ3) is 5.25. The molecule has 0 aliphatic carbocycles. The van der Waals surface area contributed by atoms with Crippen molar-refractivity contribution < 1.29 is 14.3 Å². The van der Waals surface area contributed by atoms with E-state index in [0.717, 1.165) is 42.5 Å². The van der Waals surface area contributed by atoms with Crippen LogP contribution in [0.2, 0.25) is 0 Å². The van der Waals surface area contributed by atoms with Crippen molar-refractivity contribution in [3.63, 3.8) is 0 Å². The van der Waals surface area contributed by atoms with Crippen LogP contribution in [0.5, 0.6) is 11.5 Å². The summed E-state index contributed by atoms with van der Waals surface area (Å²) in [6.07, 6.45) is 4.37. The maximum absolute atomic E-state index is 12.8. The highest BCUT2D eigenvalue weighted by Gasteiger charge is 2.24. The fraction of sp³-hybridized carbons (Fsp3) is 0.522. The number of piperazine rings is 1. The third-order valence-corrected chi connectivity index (χ3v) is 5.74. The van der Waals surface area contributed by atoms with E-state index in [0.29, 0.717) is 38.8 Å². The standard InChI is InChI=1S/C23H31N5O3/c1-17(2)22(18-5-6-19-20(15-18)31-14-4-13-30-19)26-16-21(29)27-9-11-28(12-10-27)23-24-7-3-8-25-23/h3,5-8,15,17,22,26H,4,9-14,16H2,1-2H3. The van der Waals surface area contributed by atoms with Gasteiger partial charge in [-0.15, -0.1) is 0 Å². The number of anilines is 1. The van der Waals surface area contributed by atoms with Crippen molar-refractivity contribution in [3.8, 4) is 11.5 Å². The molecule has 0 radical (unpaired) electrons. The summed E-state index contributed by atoms with van der Waals surface area (Å²) in [6.45, 7) is 8.79. The molecule has 1 unspecified atom stereocenters. The number of carbonyl (C=O) groups excluding carboxylic acids is 1. The summed E-state index contributed by atoms with van der Waals surface area (Å²) in [5, 5.41) is 3.47. The molecule has 1 amide bonds. The second-order valence-corrected chi connectivity index (χ2v) is 8.28. The summed E-state index contributed by atoms with van der Waals surface area (Å²) < 4.78 is 11.6. The second kappa shape index (κ2) is 9.96. The number of hydrogen-bond acceptors (Lipinski definition) is 7. The number of carbonyl (C=O) groups is 1. The number of nitrogens with zero attached hydrogens (tertiary/aromatic N) is 4. The minimum absolute atomic E-state index is 0.0557. The first kappa shape index (κ1) is 21.4. The smallest absolute Gasteiger partial charge is 0.236 e. The topological polar surface area (TPSA) is 79.8 Å². The number of fused-ring (bicyclic) bond motifs is 1. The zero-order valence-electron chi connectivity index (χ0n) is 18.3. The maximum atomic E-state index is 12.8. The Hall–Kier alpha value is -2.87. The lowest BCUT2D eigenvalue weighted by Gasteiger charge is -2.35. The Morgan fingerprint density at radius 3 is 2.48 bits per heavy atom. The lowest BCUT2D eigenvalue weighted by Crippen LogP contribution is -2.51. The van der Waals surface area contributed by atoms with E-state index in [1.165, 1.54) is 0 Å². The Kier molecular flexibility index (Phi) is 6.86. The van der Waals surface area contributed by atoms with E-state index in [4.69, 9.17) is 9.47 Å². The molecule has 1 aromatic carbocycles. The van der Waals surface area contributed by atoms with Crippen LogP contribution in [0.15, 0.2) is 36.7 Å². The van der Waals surface area contributed by atoms with Crippen molar-refractivity contribution >= 4 is 11.9 Å². The van der Waals surface area contributed by atoms with Crippen LogP contribution in [0.3, 0.4) is 0 Å². The van der Waals surface area contributed by atoms with Crippen LogP contribution < -0.4 is 19.7 Å². The van der Waals surface area contributed by atoms with E-state index in [9.17, 15) is 4.79 Å². The number of amides is 1. The molecule has 8 heteroatoms. The minimum Gasteiger partial charge on any atom is -0.490 e. The first-order valence-corrected chi connectivity index (χ1v) is 11.0. The Bertz CT molecular complexity index is 869. The van der Waals surface area contributed by atoms with Crippen LogP contribution in [0.25, 0.3) is 0 Å². The predicted molar refractivity (Wildman–Crippen MR) is 118 cm³/mol. The van der Waals surface area contributed by atoms with Crippen molar-refractivity contribution in [1.29, 1.82) is 0 Å². The fourth-order valence-corrected chi connectivity index (χ4v) is 4.03. The van der Waals surface area contributed by atoms with Crippen molar-refractivity contribution in [1.82, 2.24) is 20.2 Å². The van der Waals surface area contributed by atoms with Gasteiger partial charge in [0.05, 0.1) is 19.8 Å². The average molecular weight is 426 g/mol. The Morgan fingerprint density at radius 1 is 1.06 bits per heavy atom. The fourth-order valence-electron chi connectivity index (χ4n) is 4.03. The number of rotatable bonds is 6. The molecule has 0 saturated carbocycles. The van der Waals surface area contributed by atoms with Gasteiger partial charge in [0.25, 0.3) is 0 Å². The summed E-state index contributed by atoms with van der Waals surface area (Å²) in [7, 11) is 0. The molecule has 1 aromatic heterocycles. The summed E-state index contributed by atoms with van der Waals surface area (Å²) in [5.74, 6) is 2.74. The molecule has 1 fully saturated rings. The van der Waals surface area contributed by atoms with Gasteiger partial charge < -0.3 is 24.6 Å². The van der Waals surface area contributed by atoms with Crippen molar-refractivity contribution in [2.45, 2.75) is 26.3 Å². The molecule has 2 aliphatic heterocycles. The highest BCUT2D eigenvalue weighted by molar-refractivity contribution is 5.78. The Balaban J connectivity index is 1.33. The summed E-state index contributed by atoms with van der Waals surface area (Å²) in [5.41, 5.74) is 1.11. The quantitative estimate of drug-likeness (QED) is 0.761. The zero-order valence-corrected chi connectivity index (χ0v) is 18.3. The third-order valence-electron chi connectivity index (χ3n) is 5.74. The Labute approximate surface area is 183 Å². The highest BCUT2D eigenvalue weighted by atomic mass is 16.5. The molecule has 31 heavy (non-hydrogen) atoms. The van der Waals surface area contributed by atoms with Gasteiger partial charge in [-0.3, -0.25) is 4.79 Å². The van der Waals surface area contributed by atoms with Gasteiger partial charge in [-0.25, -0.2) is 9.97 Å². The molecule has 3 heterocycles. The van der Waals surface area contributed by atoms with Crippen molar-refractivity contribution in [3.05, 3.63) is 42.2 Å². The number of nitrogens with one attached hydrogen (secondary N) is 1. The molecule has 8 nitrogen and oxygen atoms in total. The number of aromatic nitrogens is 2. The molecule has 2 aromatic rings. The van der Waals surface area contributed by atoms with Crippen molar-refractivity contribution in [2.75, 3.05) is 50.8 Å². The van der Waals surface area contributed by atoms with Crippen LogP contribution in [0.1, 0.15) is 31.9 Å². The highest BCUT2D eigenvalue weighted by Crippen LogP contribution is 2.34. The molecule has 0 bridgehead atoms. The van der Waals surface area contributed by atoms with Gasteiger partial charge in [0.2, 0.25) is 11.9 Å². The van der Waals surface area contributed by atoms with Gasteiger partial charge >= 0.3 is 0 Å². The van der Waals surface area contributed by atoms with E-state index >= 15 is 0 Å². The van der Waals surface area contributed by atoms with E-state index in [1.54, 1.807) is 12.4 Å². The second-order valence-electron chi connectivity index (χ2n) is 8.28. The lowest BCUT2D eigenvalue weighted by atomic mass is 9.95. The van der Waals surface area contributed by atoms with E-state index in [2.05, 4.69) is 40.1 Å². The molecule has 1 saturated heterocycles. The molecule has 166 valence electrons. The number of hydrogen-bond donors (Lipinski definition) is 1. The first-order chi connectivity index (χ1) is 15.1. The largest absolute Gasteiger partial charge is 0.490 e. The van der Waals surface area contributed by atoms with Crippen LogP contribution in [0.4, 0.5) is 5.95 Å². The first-order valence-electron chi connectivity index (χ1n) is 11.0. The van der Waals surface area contributed by atoms with Crippen LogP contribution in [0, 0.1) is 5.92 Å². The van der Waals surface area contributed by atoms with E-state index < -0.39 is 0 Å². The summed E-state index contributed by atoms with van der Waals surface area (Å²) in [4.78, 5) is 25.5. The van der Waals surface area contributed by atoms with E-state index in [1.807, 2.05) is 23.1 Å². The van der Waals surface area contributed by atoms with Gasteiger partial charge in [-0.2, -0.15) is 0 Å². The monoisotopic (exact) mass is 425 g/mol. The molecule has 4 rings (SSSR count). The van der Waals surface area contributed by atoms with Crippen LogP contribution >= 0.6 is 0 Å². The minimum atomic E-state index is 0.0557. The Morgan fingerprint density at radius 2 is 1.77 bits per heavy atom. The van der Waals surface area contributed by atoms with Gasteiger partial charge in [-0.1, -0.05) is 19.9 Å². The average Bonchev–Trinajstić information content (AvgIpc) is 3.04. The molecule has 1 atom stereocenters. The van der Waals surface area contributed by atoms with Gasteiger partial charge in [0.15, 0.2) is 11.5 Å². The molecule has 0 spiro atoms. The molecule has 2 aliphatic rings. The number of ether oxygens (including phenoxy) is 2. The van der Waals surface area contributed by atoms with Gasteiger partial charge in [0.1, 0.15) is 0 Å². The van der Waals surface area contributed by atoms with Gasteiger partial charge in [0, 0.05) is 51.0 Å². The molecular weight excluding hydrogens is 394 g/mol. The maximum Gasteiger partial charge on any atom is 0.236 e. The lowest BCUT2D eigenvalue weighted by molar-refractivity contribution is -0.130. The van der Waals surface area contributed by atoms with Crippen molar-refractivity contribution in [2.24, 2.45) is 5.92 Å². The molecule has 1 N–H and O–H groups in total. The summed E-state index contributed by atoms with van der Waals surface area (Å²) >= 11 is 0. The predicted octanol–water partition coefficient (Wildman–Crippen LogP) is 2.27. The van der Waals surface area contributed by atoms with E-state index in [-0.39, 0.29) is 11.9 Å². The number of benzene rings is 1. The van der Waals surface area contributed by atoms with Crippen LogP contribution in [-0.4, -0.2) is 66.7 Å². The zero-order chi connectivity index (χ0) is 21.6. The normalized spacial score (nSPS) is 17.4.